The normalized spacial score (nSPS) is 23.6. The summed E-state index contributed by atoms with van der Waals surface area (Å²) in [6.07, 6.45) is -1.09. The number of alkyl halides is 2. The second kappa shape index (κ2) is 17.6. The Labute approximate surface area is 363 Å². The van der Waals surface area contributed by atoms with Crippen molar-refractivity contribution >= 4 is 33.9 Å². The monoisotopic (exact) mass is 857 g/mol. The molecule has 15 heteroatoms. The van der Waals surface area contributed by atoms with Crippen LogP contribution in [0.25, 0.3) is 32.9 Å². The number of pyridine rings is 1. The summed E-state index contributed by atoms with van der Waals surface area (Å²) in [5.41, 5.74) is -1.42. The first kappa shape index (κ1) is 39.2. The second-order valence-electron chi connectivity index (χ2n) is 17.6. The molecule has 0 spiro atoms. The Morgan fingerprint density at radius 3 is 2.56 bits per heavy atom. The third-order valence-corrected chi connectivity index (χ3v) is 11.6. The van der Waals surface area contributed by atoms with Crippen molar-refractivity contribution in [1.82, 2.24) is 30.1 Å². The molecular formula is C47H53F3N6O6. The standard InChI is InChI=1S/C47H53F3N6O6/c1-45(2,3)62-44(58)55-25-33(48)22-46(4,28-55)54-43(57)59-21-10-17-32-15-8-14-31-16-9-18-35(37(31)32)39-38(50)40-36(24-51-39)41(60-27-30-12-6-5-7-13-30)53-42(52-40)61-29-47-19-11-20-56(47)26-34(49)23-47/h5-9,12-16,18,24,33-34H,10-11,17,19-23,25-29H2,1-4H3,(H,54,57)/t33?,34-,46?,47+/m1/s1/i4D3. The number of benzene rings is 3. The Bertz CT molecular complexity index is 2550. The van der Waals surface area contributed by atoms with Gasteiger partial charge in [-0.1, -0.05) is 66.7 Å². The molecule has 2 amide bonds. The van der Waals surface area contributed by atoms with Crippen LogP contribution in [0.4, 0.5) is 22.8 Å². The maximum atomic E-state index is 17.1. The third-order valence-electron chi connectivity index (χ3n) is 11.6. The summed E-state index contributed by atoms with van der Waals surface area (Å²) in [4.78, 5) is 42.8. The summed E-state index contributed by atoms with van der Waals surface area (Å²) in [6, 6.07) is 20.4. The minimum absolute atomic E-state index is 0.0236. The number of rotatable bonds is 12. The lowest BCUT2D eigenvalue weighted by atomic mass is 9.90. The van der Waals surface area contributed by atoms with Crippen LogP contribution in [-0.4, -0.2) is 105 Å². The van der Waals surface area contributed by atoms with Crippen LogP contribution < -0.4 is 14.8 Å². The topological polar surface area (TPSA) is 128 Å². The van der Waals surface area contributed by atoms with Crippen LogP contribution in [0.1, 0.15) is 75.0 Å². The zero-order chi connectivity index (χ0) is 46.1. The number of carbonyl (C=O) groups is 2. The average molecular weight is 858 g/mol. The second-order valence-corrected chi connectivity index (χ2v) is 17.6. The highest BCUT2D eigenvalue weighted by Crippen LogP contribution is 2.41. The predicted octanol–water partition coefficient (Wildman–Crippen LogP) is 8.91. The molecule has 4 atom stereocenters. The number of carbonyl (C=O) groups excluding carboxylic acids is 2. The Kier molecular flexibility index (Phi) is 11.1. The minimum Gasteiger partial charge on any atom is -0.472 e. The number of alkyl carbamates (subject to hydrolysis) is 1. The molecule has 0 aliphatic carbocycles. The van der Waals surface area contributed by atoms with Crippen LogP contribution in [0.15, 0.2) is 72.9 Å². The van der Waals surface area contributed by atoms with Gasteiger partial charge >= 0.3 is 18.2 Å². The number of likely N-dealkylation sites (tertiary alicyclic amines) is 1. The zero-order valence-electron chi connectivity index (χ0n) is 38.1. The number of piperidine rings is 1. The molecule has 3 aromatic carbocycles. The van der Waals surface area contributed by atoms with E-state index in [1.54, 1.807) is 32.9 Å². The molecule has 2 aromatic heterocycles. The van der Waals surface area contributed by atoms with Crippen molar-refractivity contribution in [2.45, 2.75) is 102 Å². The van der Waals surface area contributed by atoms with E-state index in [0.29, 0.717) is 30.3 Å². The number of halogens is 3. The van der Waals surface area contributed by atoms with Crippen molar-refractivity contribution in [2.75, 3.05) is 39.4 Å². The number of nitrogens with zero attached hydrogens (tertiary/aromatic N) is 5. The zero-order valence-corrected chi connectivity index (χ0v) is 35.1. The number of amides is 2. The average Bonchev–Trinajstić information content (AvgIpc) is 3.78. The lowest BCUT2D eigenvalue weighted by Crippen LogP contribution is -2.61. The molecule has 1 N–H and O–H groups in total. The Morgan fingerprint density at radius 2 is 1.77 bits per heavy atom. The lowest BCUT2D eigenvalue weighted by molar-refractivity contribution is -0.000947. The molecule has 12 nitrogen and oxygen atoms in total. The van der Waals surface area contributed by atoms with E-state index in [9.17, 15) is 14.0 Å². The number of aryl methyl sites for hydroxylation is 1. The van der Waals surface area contributed by atoms with Gasteiger partial charge in [0.15, 0.2) is 5.82 Å². The number of hydrogen-bond acceptors (Lipinski definition) is 10. The Balaban J connectivity index is 1.02. The maximum Gasteiger partial charge on any atom is 0.410 e. The van der Waals surface area contributed by atoms with Gasteiger partial charge in [-0.3, -0.25) is 9.88 Å². The summed E-state index contributed by atoms with van der Waals surface area (Å²) in [5, 5.41) is 4.13. The van der Waals surface area contributed by atoms with Gasteiger partial charge in [-0.2, -0.15) is 9.97 Å². The van der Waals surface area contributed by atoms with Crippen molar-refractivity contribution in [3.63, 3.8) is 0 Å². The van der Waals surface area contributed by atoms with Crippen LogP contribution in [0.3, 0.4) is 0 Å². The van der Waals surface area contributed by atoms with Crippen molar-refractivity contribution in [3.05, 3.63) is 89.9 Å². The molecule has 0 bridgehead atoms. The van der Waals surface area contributed by atoms with E-state index in [2.05, 4.69) is 25.2 Å². The summed E-state index contributed by atoms with van der Waals surface area (Å²) in [5.74, 6) is -0.637. The highest BCUT2D eigenvalue weighted by atomic mass is 19.1. The smallest absolute Gasteiger partial charge is 0.410 e. The number of hydrogen-bond donors (Lipinski definition) is 1. The van der Waals surface area contributed by atoms with Crippen molar-refractivity contribution in [3.8, 4) is 23.1 Å². The molecule has 8 rings (SSSR count). The highest BCUT2D eigenvalue weighted by molar-refractivity contribution is 6.00. The summed E-state index contributed by atoms with van der Waals surface area (Å²) in [7, 11) is 0. The van der Waals surface area contributed by atoms with Gasteiger partial charge in [0.2, 0.25) is 5.88 Å². The fourth-order valence-corrected chi connectivity index (χ4v) is 8.92. The van der Waals surface area contributed by atoms with E-state index < -0.39 is 66.8 Å². The molecule has 3 aliphatic heterocycles. The van der Waals surface area contributed by atoms with Gasteiger partial charge in [0.05, 0.1) is 29.6 Å². The van der Waals surface area contributed by atoms with E-state index >= 15 is 8.78 Å². The van der Waals surface area contributed by atoms with E-state index in [1.165, 1.54) is 6.20 Å². The maximum absolute atomic E-state index is 17.1. The molecule has 3 aliphatic rings. The lowest BCUT2D eigenvalue weighted by Gasteiger charge is -2.42. The SMILES string of the molecule is [2H]C([2H])([2H])C1(NC(=O)OCCCc2cccc3cccc(-c4ncc5c(OCc6ccccc6)nc(OC[C@@]67CCCN6C[C@H](F)C7)nc5c4F)c23)CC(F)CN(C(=O)OC(C)(C)C)C1. The molecule has 62 heavy (non-hydrogen) atoms. The van der Waals surface area contributed by atoms with Gasteiger partial charge in [-0.25, -0.2) is 22.8 Å². The van der Waals surface area contributed by atoms with Crippen molar-refractivity contribution in [1.29, 1.82) is 0 Å². The van der Waals surface area contributed by atoms with Crippen LogP contribution >= 0.6 is 0 Å². The fourth-order valence-electron chi connectivity index (χ4n) is 8.92. The van der Waals surface area contributed by atoms with E-state index in [4.69, 9.17) is 23.1 Å². The molecule has 2 unspecified atom stereocenters. The van der Waals surface area contributed by atoms with Gasteiger partial charge in [0, 0.05) is 41.8 Å². The first-order valence-corrected chi connectivity index (χ1v) is 21.1. The van der Waals surface area contributed by atoms with Gasteiger partial charge in [0.1, 0.15) is 42.4 Å². The molecule has 328 valence electrons. The summed E-state index contributed by atoms with van der Waals surface area (Å²) in [6.45, 7) is 2.38. The summed E-state index contributed by atoms with van der Waals surface area (Å²) < 4.78 is 94.7. The number of ether oxygens (including phenoxy) is 4. The Morgan fingerprint density at radius 1 is 0.984 bits per heavy atom. The van der Waals surface area contributed by atoms with Gasteiger partial charge in [-0.05, 0) is 81.8 Å². The largest absolute Gasteiger partial charge is 0.472 e. The molecule has 3 saturated heterocycles. The Hall–Kier alpha value is -5.70. The summed E-state index contributed by atoms with van der Waals surface area (Å²) >= 11 is 0. The van der Waals surface area contributed by atoms with Crippen molar-refractivity contribution in [2.24, 2.45) is 0 Å². The van der Waals surface area contributed by atoms with E-state index in [1.807, 2.05) is 54.6 Å². The van der Waals surface area contributed by atoms with Gasteiger partial charge in [0.25, 0.3) is 0 Å². The highest BCUT2D eigenvalue weighted by Gasteiger charge is 2.49. The predicted molar refractivity (Wildman–Crippen MR) is 228 cm³/mol. The fraction of sp³-hybridized carbons (Fsp3) is 0.468. The number of fused-ring (bicyclic) bond motifs is 3. The van der Waals surface area contributed by atoms with E-state index in [0.717, 1.165) is 40.8 Å². The quantitative estimate of drug-likeness (QED) is 0.122. The van der Waals surface area contributed by atoms with Gasteiger partial charge < -0.3 is 29.2 Å². The first-order valence-electron chi connectivity index (χ1n) is 22.6. The van der Waals surface area contributed by atoms with Crippen LogP contribution in [-0.2, 0) is 22.5 Å². The molecule has 3 fully saturated rings. The van der Waals surface area contributed by atoms with Crippen LogP contribution in [0, 0.1) is 5.82 Å². The first-order chi connectivity index (χ1) is 30.9. The van der Waals surface area contributed by atoms with E-state index in [-0.39, 0.29) is 61.3 Å². The number of aromatic nitrogens is 3. The number of nitrogens with one attached hydrogen (secondary N) is 1. The van der Waals surface area contributed by atoms with Crippen molar-refractivity contribution < 1.29 is 45.8 Å². The molecule has 5 heterocycles. The van der Waals surface area contributed by atoms with Gasteiger partial charge in [-0.15, -0.1) is 0 Å². The molecule has 0 radical (unpaired) electrons. The van der Waals surface area contributed by atoms with Crippen LogP contribution in [0.2, 0.25) is 0 Å². The minimum atomic E-state index is -2.90. The molecular weight excluding hydrogens is 802 g/mol. The van der Waals surface area contributed by atoms with Crippen LogP contribution in [0.5, 0.6) is 11.9 Å². The molecule has 0 saturated carbocycles. The third kappa shape index (κ3) is 9.52. The molecule has 5 aromatic rings.